The summed E-state index contributed by atoms with van der Waals surface area (Å²) in [5.41, 5.74) is 0. The van der Waals surface area contributed by atoms with Gasteiger partial charge < -0.3 is 5.32 Å². The van der Waals surface area contributed by atoms with Crippen molar-refractivity contribution in [1.82, 2.24) is 9.62 Å². The van der Waals surface area contributed by atoms with E-state index < -0.39 is 10.0 Å². The maximum Gasteiger partial charge on any atom is 0.243 e. The van der Waals surface area contributed by atoms with Crippen LogP contribution in [0.3, 0.4) is 0 Å². The van der Waals surface area contributed by atoms with Crippen molar-refractivity contribution in [3.05, 3.63) is 30.3 Å². The van der Waals surface area contributed by atoms with Gasteiger partial charge in [0.25, 0.3) is 0 Å². The Balaban J connectivity index is 1.98. The summed E-state index contributed by atoms with van der Waals surface area (Å²) in [5, 5.41) is 3.46. The van der Waals surface area contributed by atoms with Crippen molar-refractivity contribution in [1.29, 1.82) is 0 Å². The molecule has 1 heterocycles. The van der Waals surface area contributed by atoms with Crippen LogP contribution in [0.15, 0.2) is 35.2 Å². The number of nitrogens with one attached hydrogen (secondary N) is 1. The van der Waals surface area contributed by atoms with Crippen molar-refractivity contribution in [2.75, 3.05) is 19.6 Å². The number of rotatable bonds is 5. The van der Waals surface area contributed by atoms with Gasteiger partial charge in [-0.1, -0.05) is 25.1 Å². The van der Waals surface area contributed by atoms with Crippen LogP contribution < -0.4 is 5.32 Å². The topological polar surface area (TPSA) is 49.4 Å². The molecular weight excluding hydrogens is 260 g/mol. The van der Waals surface area contributed by atoms with Crippen molar-refractivity contribution in [3.8, 4) is 0 Å². The molecule has 0 aromatic heterocycles. The molecule has 0 aliphatic carbocycles. The molecule has 0 bridgehead atoms. The molecule has 5 heteroatoms. The number of hydrogen-bond donors (Lipinski definition) is 1. The molecule has 1 aromatic rings. The van der Waals surface area contributed by atoms with Crippen molar-refractivity contribution < 1.29 is 8.42 Å². The summed E-state index contributed by atoms with van der Waals surface area (Å²) in [5.74, 6) is 0. The van der Waals surface area contributed by atoms with Crippen molar-refractivity contribution in [2.45, 2.75) is 37.1 Å². The third-order valence-electron chi connectivity index (χ3n) is 3.52. The van der Waals surface area contributed by atoms with Crippen molar-refractivity contribution >= 4 is 10.0 Å². The van der Waals surface area contributed by atoms with E-state index >= 15 is 0 Å². The summed E-state index contributed by atoms with van der Waals surface area (Å²) in [6.45, 7) is 4.37. The second kappa shape index (κ2) is 6.50. The van der Waals surface area contributed by atoms with E-state index in [1.165, 1.54) is 0 Å². The Labute approximate surface area is 115 Å². The van der Waals surface area contributed by atoms with Gasteiger partial charge in [-0.05, 0) is 37.9 Å². The van der Waals surface area contributed by atoms with E-state index in [1.807, 2.05) is 6.07 Å². The summed E-state index contributed by atoms with van der Waals surface area (Å²) in [6, 6.07) is 9.15. The molecule has 2 rings (SSSR count). The van der Waals surface area contributed by atoms with Gasteiger partial charge in [0, 0.05) is 19.1 Å². The summed E-state index contributed by atoms with van der Waals surface area (Å²) < 4.78 is 26.4. The van der Waals surface area contributed by atoms with Crippen LogP contribution in [0.25, 0.3) is 0 Å². The third-order valence-corrected chi connectivity index (χ3v) is 5.43. The molecule has 1 aliphatic heterocycles. The smallest absolute Gasteiger partial charge is 0.243 e. The first-order valence-electron chi connectivity index (χ1n) is 6.93. The Kier molecular flexibility index (Phi) is 4.96. The van der Waals surface area contributed by atoms with E-state index in [9.17, 15) is 8.42 Å². The highest BCUT2D eigenvalue weighted by molar-refractivity contribution is 7.89. The van der Waals surface area contributed by atoms with Gasteiger partial charge in [-0.3, -0.25) is 0 Å². The van der Waals surface area contributed by atoms with Gasteiger partial charge in [-0.15, -0.1) is 0 Å². The monoisotopic (exact) mass is 282 g/mol. The number of hydrogen-bond acceptors (Lipinski definition) is 3. The van der Waals surface area contributed by atoms with Gasteiger partial charge >= 0.3 is 0 Å². The van der Waals surface area contributed by atoms with E-state index in [0.29, 0.717) is 24.0 Å². The zero-order valence-electron chi connectivity index (χ0n) is 11.4. The van der Waals surface area contributed by atoms with Gasteiger partial charge in [-0.2, -0.15) is 4.31 Å². The average molecular weight is 282 g/mol. The average Bonchev–Trinajstić information content (AvgIpc) is 2.46. The van der Waals surface area contributed by atoms with E-state index in [-0.39, 0.29) is 0 Å². The van der Waals surface area contributed by atoms with E-state index in [1.54, 1.807) is 28.6 Å². The Bertz CT molecular complexity index is 479. The molecule has 0 saturated carbocycles. The van der Waals surface area contributed by atoms with Crippen LogP contribution in [-0.2, 0) is 10.0 Å². The van der Waals surface area contributed by atoms with Gasteiger partial charge in [0.2, 0.25) is 10.0 Å². The lowest BCUT2D eigenvalue weighted by atomic mass is 10.1. The van der Waals surface area contributed by atoms with Crippen molar-refractivity contribution in [2.24, 2.45) is 0 Å². The normalized spacial score (nSPS) is 18.6. The lowest BCUT2D eigenvalue weighted by Crippen LogP contribution is -2.45. The Hall–Kier alpha value is -0.910. The van der Waals surface area contributed by atoms with Crippen LogP contribution in [-0.4, -0.2) is 38.4 Å². The summed E-state index contributed by atoms with van der Waals surface area (Å²) >= 11 is 0. The molecule has 1 N–H and O–H groups in total. The largest absolute Gasteiger partial charge is 0.314 e. The highest BCUT2D eigenvalue weighted by atomic mass is 32.2. The Morgan fingerprint density at radius 3 is 2.42 bits per heavy atom. The van der Waals surface area contributed by atoms with Crippen LogP contribution in [0.4, 0.5) is 0 Å². The molecule has 0 radical (unpaired) electrons. The minimum Gasteiger partial charge on any atom is -0.314 e. The Morgan fingerprint density at radius 1 is 1.21 bits per heavy atom. The summed E-state index contributed by atoms with van der Waals surface area (Å²) in [6.07, 6.45) is 2.90. The number of nitrogens with zero attached hydrogens (tertiary/aromatic N) is 1. The van der Waals surface area contributed by atoms with Crippen LogP contribution in [0.5, 0.6) is 0 Å². The van der Waals surface area contributed by atoms with Crippen molar-refractivity contribution in [3.63, 3.8) is 0 Å². The van der Waals surface area contributed by atoms with Crippen LogP contribution in [0, 0.1) is 0 Å². The summed E-state index contributed by atoms with van der Waals surface area (Å²) in [7, 11) is -3.30. The lowest BCUT2D eigenvalue weighted by Gasteiger charge is -2.31. The molecular formula is C14H22N2O2S. The lowest BCUT2D eigenvalue weighted by molar-refractivity contribution is 0.290. The third kappa shape index (κ3) is 3.55. The molecule has 106 valence electrons. The molecule has 19 heavy (non-hydrogen) atoms. The second-order valence-electron chi connectivity index (χ2n) is 4.95. The fraction of sp³-hybridized carbons (Fsp3) is 0.571. The highest BCUT2D eigenvalue weighted by Gasteiger charge is 2.28. The number of sulfonamides is 1. The van der Waals surface area contributed by atoms with Gasteiger partial charge in [0.15, 0.2) is 0 Å². The number of benzene rings is 1. The maximum atomic E-state index is 12.4. The highest BCUT2D eigenvalue weighted by Crippen LogP contribution is 2.20. The van der Waals surface area contributed by atoms with Crippen LogP contribution >= 0.6 is 0 Å². The molecule has 0 atom stereocenters. The minimum atomic E-state index is -3.30. The van der Waals surface area contributed by atoms with Crippen LogP contribution in [0.2, 0.25) is 0 Å². The van der Waals surface area contributed by atoms with Gasteiger partial charge in [0.1, 0.15) is 0 Å². The SMILES string of the molecule is CCCNC1CCN(S(=O)(=O)c2ccccc2)CC1. The molecule has 4 nitrogen and oxygen atoms in total. The first-order chi connectivity index (χ1) is 9.14. The fourth-order valence-corrected chi connectivity index (χ4v) is 3.88. The first-order valence-corrected chi connectivity index (χ1v) is 8.37. The quantitative estimate of drug-likeness (QED) is 0.896. The molecule has 1 saturated heterocycles. The van der Waals surface area contributed by atoms with E-state index in [2.05, 4.69) is 12.2 Å². The molecule has 1 aliphatic rings. The van der Waals surface area contributed by atoms with E-state index in [0.717, 1.165) is 25.8 Å². The van der Waals surface area contributed by atoms with Crippen LogP contribution in [0.1, 0.15) is 26.2 Å². The molecule has 0 amide bonds. The predicted octanol–water partition coefficient (Wildman–Crippen LogP) is 1.84. The molecule has 1 fully saturated rings. The maximum absolute atomic E-state index is 12.4. The van der Waals surface area contributed by atoms with Gasteiger partial charge in [-0.25, -0.2) is 8.42 Å². The first kappa shape index (κ1) is 14.5. The number of piperidine rings is 1. The fourth-order valence-electron chi connectivity index (χ4n) is 2.39. The van der Waals surface area contributed by atoms with E-state index in [4.69, 9.17) is 0 Å². The standard InChI is InChI=1S/C14H22N2O2S/c1-2-10-15-13-8-11-16(12-9-13)19(17,18)14-6-4-3-5-7-14/h3-7,13,15H,2,8-12H2,1H3. The predicted molar refractivity (Wildman–Crippen MR) is 76.5 cm³/mol. The second-order valence-corrected chi connectivity index (χ2v) is 6.88. The van der Waals surface area contributed by atoms with Gasteiger partial charge in [0.05, 0.1) is 4.90 Å². The zero-order chi connectivity index (χ0) is 13.7. The molecule has 0 spiro atoms. The summed E-state index contributed by atoms with van der Waals surface area (Å²) in [4.78, 5) is 0.398. The molecule has 0 unspecified atom stereocenters. The zero-order valence-corrected chi connectivity index (χ0v) is 12.2. The minimum absolute atomic E-state index is 0.398. The Morgan fingerprint density at radius 2 is 1.84 bits per heavy atom. The molecule has 1 aromatic carbocycles.